The molecular weight excluding hydrogens is 444 g/mol. The Morgan fingerprint density at radius 2 is 1.64 bits per heavy atom. The molecule has 0 spiro atoms. The van der Waals surface area contributed by atoms with Gasteiger partial charge in [-0.1, -0.05) is 19.1 Å². The van der Waals surface area contributed by atoms with Crippen molar-refractivity contribution in [2.45, 2.75) is 45.1 Å². The molecular formula is C22H28N6O4S. The van der Waals surface area contributed by atoms with Crippen molar-refractivity contribution in [1.29, 1.82) is 0 Å². The lowest BCUT2D eigenvalue weighted by molar-refractivity contribution is -0.116. The van der Waals surface area contributed by atoms with Gasteiger partial charge >= 0.3 is 0 Å². The van der Waals surface area contributed by atoms with E-state index in [4.69, 9.17) is 0 Å². The summed E-state index contributed by atoms with van der Waals surface area (Å²) < 4.78 is 28.5. The number of amides is 2. The van der Waals surface area contributed by atoms with Crippen LogP contribution in [0.1, 0.15) is 33.6 Å². The summed E-state index contributed by atoms with van der Waals surface area (Å²) in [6, 6.07) is 11.7. The molecule has 2 aromatic carbocycles. The number of hydrogen-bond acceptors (Lipinski definition) is 6. The monoisotopic (exact) mass is 472 g/mol. The molecule has 0 aliphatic carbocycles. The summed E-state index contributed by atoms with van der Waals surface area (Å²) >= 11 is 0. The minimum Gasteiger partial charge on any atom is -0.326 e. The van der Waals surface area contributed by atoms with Crippen LogP contribution in [0.3, 0.4) is 0 Å². The Bertz CT molecular complexity index is 1230. The van der Waals surface area contributed by atoms with Crippen LogP contribution in [0, 0.1) is 0 Å². The highest BCUT2D eigenvalue weighted by molar-refractivity contribution is 7.89. The Morgan fingerprint density at radius 1 is 1.00 bits per heavy atom. The molecule has 1 aromatic heterocycles. The zero-order valence-corrected chi connectivity index (χ0v) is 19.7. The number of rotatable bonds is 10. The summed E-state index contributed by atoms with van der Waals surface area (Å²) in [5.74, 6) is -0.298. The number of carbonyl (C=O) groups is 2. The molecule has 1 heterocycles. The van der Waals surface area contributed by atoms with E-state index in [9.17, 15) is 18.0 Å². The molecule has 0 aliphatic heterocycles. The highest BCUT2D eigenvalue weighted by Gasteiger charge is 2.22. The number of benzene rings is 2. The molecule has 0 saturated carbocycles. The van der Waals surface area contributed by atoms with Gasteiger partial charge in [0.1, 0.15) is 5.52 Å². The molecule has 33 heavy (non-hydrogen) atoms. The largest absolute Gasteiger partial charge is 0.326 e. The number of hydrogen-bond donors (Lipinski definition) is 2. The Morgan fingerprint density at radius 3 is 2.24 bits per heavy atom. The number of fused-ring (bicyclic) bond motifs is 1. The lowest BCUT2D eigenvalue weighted by Crippen LogP contribution is -2.30. The number of carbonyl (C=O) groups excluding carboxylic acids is 2. The maximum Gasteiger partial charge on any atom is 0.243 e. The fourth-order valence-electron chi connectivity index (χ4n) is 3.44. The molecule has 0 saturated heterocycles. The Labute approximate surface area is 193 Å². The van der Waals surface area contributed by atoms with Crippen LogP contribution in [-0.2, 0) is 26.2 Å². The second kappa shape index (κ2) is 10.5. The van der Waals surface area contributed by atoms with E-state index in [0.29, 0.717) is 48.5 Å². The Balaban J connectivity index is 1.58. The third-order valence-corrected chi connectivity index (χ3v) is 7.14. The normalized spacial score (nSPS) is 11.6. The third-order valence-electron chi connectivity index (χ3n) is 5.09. The number of nitrogens with zero attached hydrogens (tertiary/aromatic N) is 4. The van der Waals surface area contributed by atoms with E-state index in [1.165, 1.54) is 17.3 Å². The van der Waals surface area contributed by atoms with E-state index < -0.39 is 10.0 Å². The van der Waals surface area contributed by atoms with Crippen molar-refractivity contribution in [2.24, 2.45) is 0 Å². The zero-order valence-electron chi connectivity index (χ0n) is 18.9. The van der Waals surface area contributed by atoms with E-state index in [1.807, 2.05) is 0 Å². The molecule has 0 aliphatic rings. The van der Waals surface area contributed by atoms with Crippen LogP contribution in [0.5, 0.6) is 0 Å². The zero-order chi connectivity index (χ0) is 24.0. The van der Waals surface area contributed by atoms with Gasteiger partial charge in [-0.25, -0.2) is 13.1 Å². The van der Waals surface area contributed by atoms with Gasteiger partial charge in [0.05, 0.1) is 10.4 Å². The van der Waals surface area contributed by atoms with Crippen molar-refractivity contribution >= 4 is 44.2 Å². The number of anilines is 2. The van der Waals surface area contributed by atoms with Gasteiger partial charge in [0.2, 0.25) is 21.8 Å². The predicted octanol–water partition coefficient (Wildman–Crippen LogP) is 2.84. The van der Waals surface area contributed by atoms with Gasteiger partial charge in [-0.15, -0.1) is 5.10 Å². The molecule has 10 nitrogen and oxygen atoms in total. The summed E-state index contributed by atoms with van der Waals surface area (Å²) in [6.45, 7) is 6.28. The highest BCUT2D eigenvalue weighted by Crippen LogP contribution is 2.21. The van der Waals surface area contributed by atoms with Gasteiger partial charge in [-0.2, -0.15) is 4.31 Å². The fourth-order valence-corrected chi connectivity index (χ4v) is 4.92. The molecule has 0 fully saturated rings. The van der Waals surface area contributed by atoms with Gasteiger partial charge in [0.15, 0.2) is 0 Å². The molecule has 11 heteroatoms. The summed E-state index contributed by atoms with van der Waals surface area (Å²) in [7, 11) is -3.57. The first-order valence-corrected chi connectivity index (χ1v) is 12.2. The van der Waals surface area contributed by atoms with Crippen LogP contribution in [0.2, 0.25) is 0 Å². The summed E-state index contributed by atoms with van der Waals surface area (Å²) in [4.78, 5) is 23.5. The van der Waals surface area contributed by atoms with E-state index >= 15 is 0 Å². The molecule has 176 valence electrons. The minimum atomic E-state index is -3.57. The summed E-state index contributed by atoms with van der Waals surface area (Å²) in [5, 5.41) is 13.7. The van der Waals surface area contributed by atoms with Crippen molar-refractivity contribution in [3.8, 4) is 0 Å². The quantitative estimate of drug-likeness (QED) is 0.467. The van der Waals surface area contributed by atoms with Crippen LogP contribution < -0.4 is 10.6 Å². The lowest BCUT2D eigenvalue weighted by atomic mass is 10.2. The first kappa shape index (κ1) is 24.3. The molecule has 0 radical (unpaired) electrons. The number of sulfonamides is 1. The van der Waals surface area contributed by atoms with Crippen molar-refractivity contribution in [3.63, 3.8) is 0 Å². The summed E-state index contributed by atoms with van der Waals surface area (Å²) in [5.41, 5.74) is 2.50. The van der Waals surface area contributed by atoms with Gasteiger partial charge < -0.3 is 10.6 Å². The Hall–Kier alpha value is -3.31. The molecule has 2 amide bonds. The first-order chi connectivity index (χ1) is 15.7. The van der Waals surface area contributed by atoms with Crippen LogP contribution in [0.4, 0.5) is 11.4 Å². The van der Waals surface area contributed by atoms with Crippen molar-refractivity contribution in [2.75, 3.05) is 23.7 Å². The lowest BCUT2D eigenvalue weighted by Gasteiger charge is -2.18. The smallest absolute Gasteiger partial charge is 0.243 e. The fraction of sp³-hybridized carbons (Fsp3) is 0.364. The highest BCUT2D eigenvalue weighted by atomic mass is 32.2. The average Bonchev–Trinajstić information content (AvgIpc) is 3.18. The van der Waals surface area contributed by atoms with E-state index in [2.05, 4.69) is 20.9 Å². The maximum absolute atomic E-state index is 12.7. The van der Waals surface area contributed by atoms with Crippen molar-refractivity contribution in [1.82, 2.24) is 19.3 Å². The van der Waals surface area contributed by atoms with Crippen LogP contribution in [-0.4, -0.2) is 52.6 Å². The van der Waals surface area contributed by atoms with Gasteiger partial charge in [0.25, 0.3) is 0 Å². The number of nitrogens with one attached hydrogen (secondary N) is 2. The van der Waals surface area contributed by atoms with Crippen LogP contribution >= 0.6 is 0 Å². The Kier molecular flexibility index (Phi) is 7.77. The first-order valence-electron chi connectivity index (χ1n) is 10.8. The van der Waals surface area contributed by atoms with E-state index in [-0.39, 0.29) is 23.1 Å². The van der Waals surface area contributed by atoms with E-state index in [0.717, 1.165) is 0 Å². The second-order valence-electron chi connectivity index (χ2n) is 7.46. The molecule has 0 unspecified atom stereocenters. The molecule has 0 atom stereocenters. The topological polar surface area (TPSA) is 126 Å². The molecule has 0 bridgehead atoms. The second-order valence-corrected chi connectivity index (χ2v) is 9.40. The van der Waals surface area contributed by atoms with Gasteiger partial charge in [-0.05, 0) is 48.9 Å². The standard InChI is InChI=1S/C22H28N6O4S/c1-4-27(5-2)33(31,32)19-12-13-21-20(15-19)25-26-28(21)14-6-7-22(30)24-18-10-8-17(9-11-18)23-16(3)29/h8-13,15H,4-7,14H2,1-3H3,(H,23,29)(H,24,30). The third kappa shape index (κ3) is 5.93. The molecule has 3 aromatic rings. The van der Waals surface area contributed by atoms with Crippen LogP contribution in [0.15, 0.2) is 47.4 Å². The number of aromatic nitrogens is 3. The molecule has 2 N–H and O–H groups in total. The average molecular weight is 473 g/mol. The molecule has 3 rings (SSSR count). The van der Waals surface area contributed by atoms with Gasteiger partial charge in [0, 0.05) is 44.4 Å². The van der Waals surface area contributed by atoms with Crippen molar-refractivity contribution in [3.05, 3.63) is 42.5 Å². The number of aryl methyl sites for hydroxylation is 1. The summed E-state index contributed by atoms with van der Waals surface area (Å²) in [6.07, 6.45) is 0.816. The predicted molar refractivity (Wildman–Crippen MR) is 126 cm³/mol. The van der Waals surface area contributed by atoms with Crippen LogP contribution in [0.25, 0.3) is 11.0 Å². The van der Waals surface area contributed by atoms with Gasteiger partial charge in [-0.3, -0.25) is 9.59 Å². The van der Waals surface area contributed by atoms with E-state index in [1.54, 1.807) is 54.9 Å². The van der Waals surface area contributed by atoms with Crippen molar-refractivity contribution < 1.29 is 18.0 Å². The SMILES string of the molecule is CCN(CC)S(=O)(=O)c1ccc2c(c1)nnn2CCCC(=O)Nc1ccc(NC(C)=O)cc1. The maximum atomic E-state index is 12.7. The minimum absolute atomic E-state index is 0.140.